The first-order chi connectivity index (χ1) is 7.52. The summed E-state index contributed by atoms with van der Waals surface area (Å²) < 4.78 is 4.98. The van der Waals surface area contributed by atoms with Crippen LogP contribution in [0.2, 0.25) is 0 Å². The number of hydrogen-bond acceptors (Lipinski definition) is 3. The number of nitrogens with zero attached hydrogens (tertiary/aromatic N) is 1. The van der Waals surface area contributed by atoms with E-state index in [0.717, 1.165) is 18.7 Å². The van der Waals surface area contributed by atoms with E-state index < -0.39 is 5.54 Å². The molecule has 1 aromatic heterocycles. The Labute approximate surface area is 97.4 Å². The van der Waals surface area contributed by atoms with Crippen molar-refractivity contribution < 1.29 is 9.21 Å². The standard InChI is InChI=1S/C13H21NO2/c1-5-14(6-2)13(3,4)12(15)9-11-7-8-16-10-11/h7-8,10H,5-6,9H2,1-4H3. The largest absolute Gasteiger partial charge is 0.472 e. The van der Waals surface area contributed by atoms with Crippen molar-refractivity contribution in [2.24, 2.45) is 0 Å². The molecular weight excluding hydrogens is 202 g/mol. The van der Waals surface area contributed by atoms with Crippen LogP contribution in [-0.4, -0.2) is 29.3 Å². The lowest BCUT2D eigenvalue weighted by molar-refractivity contribution is -0.128. The van der Waals surface area contributed by atoms with Crippen molar-refractivity contribution in [3.63, 3.8) is 0 Å². The van der Waals surface area contributed by atoms with Gasteiger partial charge in [-0.25, -0.2) is 0 Å². The molecule has 0 radical (unpaired) electrons. The van der Waals surface area contributed by atoms with Crippen molar-refractivity contribution >= 4 is 5.78 Å². The van der Waals surface area contributed by atoms with Gasteiger partial charge in [0.25, 0.3) is 0 Å². The molecule has 0 aliphatic rings. The third-order valence-electron chi connectivity index (χ3n) is 3.18. The Hall–Kier alpha value is -1.09. The molecule has 0 aromatic carbocycles. The lowest BCUT2D eigenvalue weighted by atomic mass is 9.92. The van der Waals surface area contributed by atoms with Crippen LogP contribution in [0.3, 0.4) is 0 Å². The van der Waals surface area contributed by atoms with E-state index in [1.165, 1.54) is 0 Å². The van der Waals surface area contributed by atoms with Gasteiger partial charge in [0, 0.05) is 6.42 Å². The quantitative estimate of drug-likeness (QED) is 0.743. The molecule has 0 bridgehead atoms. The van der Waals surface area contributed by atoms with Crippen molar-refractivity contribution in [3.8, 4) is 0 Å². The lowest BCUT2D eigenvalue weighted by Gasteiger charge is -2.35. The molecule has 1 rings (SSSR count). The summed E-state index contributed by atoms with van der Waals surface area (Å²) in [4.78, 5) is 14.4. The monoisotopic (exact) mass is 223 g/mol. The molecule has 1 heterocycles. The molecule has 0 atom stereocenters. The highest BCUT2D eigenvalue weighted by Crippen LogP contribution is 2.18. The van der Waals surface area contributed by atoms with Gasteiger partial charge >= 0.3 is 0 Å². The van der Waals surface area contributed by atoms with Crippen LogP contribution in [0.15, 0.2) is 23.0 Å². The Morgan fingerprint density at radius 1 is 1.38 bits per heavy atom. The summed E-state index contributed by atoms with van der Waals surface area (Å²) in [6, 6.07) is 1.84. The van der Waals surface area contributed by atoms with Gasteiger partial charge < -0.3 is 4.42 Å². The zero-order valence-corrected chi connectivity index (χ0v) is 10.6. The molecule has 90 valence electrons. The van der Waals surface area contributed by atoms with E-state index in [1.807, 2.05) is 19.9 Å². The van der Waals surface area contributed by atoms with Gasteiger partial charge in [0.15, 0.2) is 5.78 Å². The average Bonchev–Trinajstić information content (AvgIpc) is 2.71. The topological polar surface area (TPSA) is 33.5 Å². The molecule has 0 saturated heterocycles. The maximum atomic E-state index is 12.2. The van der Waals surface area contributed by atoms with Gasteiger partial charge in [-0.1, -0.05) is 13.8 Å². The van der Waals surface area contributed by atoms with Crippen LogP contribution in [-0.2, 0) is 11.2 Å². The van der Waals surface area contributed by atoms with E-state index in [-0.39, 0.29) is 5.78 Å². The highest BCUT2D eigenvalue weighted by molar-refractivity contribution is 5.89. The van der Waals surface area contributed by atoms with Crippen LogP contribution in [0, 0.1) is 0 Å². The summed E-state index contributed by atoms with van der Waals surface area (Å²) in [6.45, 7) is 9.92. The molecule has 0 saturated carbocycles. The molecule has 1 aromatic rings. The van der Waals surface area contributed by atoms with Crippen LogP contribution >= 0.6 is 0 Å². The second-order valence-corrected chi connectivity index (χ2v) is 4.46. The molecular formula is C13H21NO2. The van der Waals surface area contributed by atoms with Gasteiger partial charge in [0.05, 0.1) is 18.1 Å². The minimum Gasteiger partial charge on any atom is -0.472 e. The fourth-order valence-corrected chi connectivity index (χ4v) is 1.99. The molecule has 0 fully saturated rings. The molecule has 0 amide bonds. The second-order valence-electron chi connectivity index (χ2n) is 4.46. The summed E-state index contributed by atoms with van der Waals surface area (Å²) in [7, 11) is 0. The van der Waals surface area contributed by atoms with Crippen molar-refractivity contribution in [1.82, 2.24) is 4.90 Å². The molecule has 0 spiro atoms. The first-order valence-corrected chi connectivity index (χ1v) is 5.81. The van der Waals surface area contributed by atoms with Crippen molar-refractivity contribution in [2.45, 2.75) is 39.7 Å². The van der Waals surface area contributed by atoms with E-state index in [1.54, 1.807) is 12.5 Å². The van der Waals surface area contributed by atoms with Gasteiger partial charge in [-0.2, -0.15) is 0 Å². The number of furan rings is 1. The number of carbonyl (C=O) groups excluding carboxylic acids is 1. The summed E-state index contributed by atoms with van der Waals surface area (Å²) in [5.74, 6) is 0.234. The predicted octanol–water partition coefficient (Wildman–Crippen LogP) is 2.51. The van der Waals surface area contributed by atoms with Crippen LogP contribution in [0.25, 0.3) is 0 Å². The lowest BCUT2D eigenvalue weighted by Crippen LogP contribution is -2.50. The zero-order chi connectivity index (χ0) is 12.2. The highest BCUT2D eigenvalue weighted by atomic mass is 16.3. The van der Waals surface area contributed by atoms with Crippen molar-refractivity contribution in [1.29, 1.82) is 0 Å². The van der Waals surface area contributed by atoms with E-state index >= 15 is 0 Å². The normalized spacial score (nSPS) is 12.1. The van der Waals surface area contributed by atoms with Crippen LogP contribution in [0.1, 0.15) is 33.3 Å². The summed E-state index contributed by atoms with van der Waals surface area (Å²) in [5.41, 5.74) is 0.547. The predicted molar refractivity (Wildman–Crippen MR) is 64.4 cm³/mol. The number of Topliss-reactive ketones (excluding diaryl/α,β-unsaturated/α-hetero) is 1. The number of ketones is 1. The Morgan fingerprint density at radius 3 is 2.44 bits per heavy atom. The maximum Gasteiger partial charge on any atom is 0.156 e. The fourth-order valence-electron chi connectivity index (χ4n) is 1.99. The van der Waals surface area contributed by atoms with Crippen LogP contribution in [0.4, 0.5) is 0 Å². The van der Waals surface area contributed by atoms with Crippen LogP contribution < -0.4 is 0 Å². The first kappa shape index (κ1) is 13.0. The van der Waals surface area contributed by atoms with Gasteiger partial charge in [-0.3, -0.25) is 9.69 Å². The molecule has 16 heavy (non-hydrogen) atoms. The third-order valence-corrected chi connectivity index (χ3v) is 3.18. The maximum absolute atomic E-state index is 12.2. The minimum atomic E-state index is -0.402. The van der Waals surface area contributed by atoms with Gasteiger partial charge in [0.1, 0.15) is 0 Å². The summed E-state index contributed by atoms with van der Waals surface area (Å²) >= 11 is 0. The second kappa shape index (κ2) is 5.30. The van der Waals surface area contributed by atoms with Gasteiger partial charge in [-0.15, -0.1) is 0 Å². The number of hydrogen-bond donors (Lipinski definition) is 0. The third kappa shape index (κ3) is 2.73. The molecule has 3 heteroatoms. The van der Waals surface area contributed by atoms with E-state index in [4.69, 9.17) is 4.42 Å². The number of likely N-dealkylation sites (N-methyl/N-ethyl adjacent to an activating group) is 1. The van der Waals surface area contributed by atoms with Crippen LogP contribution in [0.5, 0.6) is 0 Å². The first-order valence-electron chi connectivity index (χ1n) is 5.81. The van der Waals surface area contributed by atoms with Gasteiger partial charge in [-0.05, 0) is 38.6 Å². The fraction of sp³-hybridized carbons (Fsp3) is 0.615. The van der Waals surface area contributed by atoms with Crippen molar-refractivity contribution in [3.05, 3.63) is 24.2 Å². The Bertz CT molecular complexity index is 324. The van der Waals surface area contributed by atoms with E-state index in [9.17, 15) is 4.79 Å². The number of carbonyl (C=O) groups is 1. The number of rotatable bonds is 6. The molecule has 3 nitrogen and oxygen atoms in total. The molecule has 0 aliphatic carbocycles. The van der Waals surface area contributed by atoms with Gasteiger partial charge in [0.2, 0.25) is 0 Å². The molecule has 0 aliphatic heterocycles. The van der Waals surface area contributed by atoms with E-state index in [2.05, 4.69) is 18.7 Å². The van der Waals surface area contributed by atoms with Crippen molar-refractivity contribution in [2.75, 3.05) is 13.1 Å². The Balaban J connectivity index is 2.71. The Kier molecular flexibility index (Phi) is 4.30. The smallest absolute Gasteiger partial charge is 0.156 e. The van der Waals surface area contributed by atoms with E-state index in [0.29, 0.717) is 6.42 Å². The average molecular weight is 223 g/mol. The summed E-state index contributed by atoms with van der Waals surface area (Å²) in [5, 5.41) is 0. The SMILES string of the molecule is CCN(CC)C(C)(C)C(=O)Cc1ccoc1. The summed E-state index contributed by atoms with van der Waals surface area (Å²) in [6.07, 6.45) is 3.68. The zero-order valence-electron chi connectivity index (χ0n) is 10.6. The molecule has 0 unspecified atom stereocenters. The minimum absolute atomic E-state index is 0.234. The Morgan fingerprint density at radius 2 is 2.00 bits per heavy atom. The molecule has 0 N–H and O–H groups in total. The highest BCUT2D eigenvalue weighted by Gasteiger charge is 2.32.